The first-order chi connectivity index (χ1) is 6.45. The summed E-state index contributed by atoms with van der Waals surface area (Å²) in [6.07, 6.45) is 12.0. The molecule has 0 aromatic carbocycles. The fourth-order valence-corrected chi connectivity index (χ4v) is 1.65. The SMILES string of the molecule is C1=CC(COC2CCCCO2)C=C1. The number of ether oxygens (including phenoxy) is 2. The van der Waals surface area contributed by atoms with Gasteiger partial charge in [0.2, 0.25) is 0 Å². The summed E-state index contributed by atoms with van der Waals surface area (Å²) in [6.45, 7) is 1.62. The molecule has 0 amide bonds. The van der Waals surface area contributed by atoms with Crippen molar-refractivity contribution in [2.45, 2.75) is 25.6 Å². The molecule has 1 fully saturated rings. The molecule has 1 unspecified atom stereocenters. The zero-order valence-corrected chi connectivity index (χ0v) is 7.82. The van der Waals surface area contributed by atoms with Crippen molar-refractivity contribution in [3.63, 3.8) is 0 Å². The predicted octanol–water partition coefficient (Wildman–Crippen LogP) is 2.27. The Morgan fingerprint density at radius 1 is 1.23 bits per heavy atom. The average molecular weight is 180 g/mol. The van der Waals surface area contributed by atoms with Gasteiger partial charge in [0.25, 0.3) is 0 Å². The Kier molecular flexibility index (Phi) is 3.16. The third-order valence-electron chi connectivity index (χ3n) is 2.44. The Morgan fingerprint density at radius 2 is 2.08 bits per heavy atom. The Hall–Kier alpha value is -0.600. The van der Waals surface area contributed by atoms with Crippen molar-refractivity contribution in [2.24, 2.45) is 5.92 Å². The third kappa shape index (κ3) is 2.68. The van der Waals surface area contributed by atoms with Crippen molar-refractivity contribution in [3.8, 4) is 0 Å². The van der Waals surface area contributed by atoms with Crippen LogP contribution >= 0.6 is 0 Å². The summed E-state index contributed by atoms with van der Waals surface area (Å²) < 4.78 is 11.1. The zero-order valence-electron chi connectivity index (χ0n) is 7.82. The van der Waals surface area contributed by atoms with Crippen LogP contribution in [-0.4, -0.2) is 19.5 Å². The van der Waals surface area contributed by atoms with E-state index < -0.39 is 0 Å². The van der Waals surface area contributed by atoms with E-state index in [4.69, 9.17) is 9.47 Å². The molecule has 0 aromatic heterocycles. The number of allylic oxidation sites excluding steroid dienone is 2. The van der Waals surface area contributed by atoms with Crippen LogP contribution in [0.25, 0.3) is 0 Å². The van der Waals surface area contributed by atoms with Gasteiger partial charge in [-0.05, 0) is 19.3 Å². The summed E-state index contributed by atoms with van der Waals surface area (Å²) in [5, 5.41) is 0. The molecular weight excluding hydrogens is 164 g/mol. The van der Waals surface area contributed by atoms with E-state index in [0.29, 0.717) is 5.92 Å². The Balaban J connectivity index is 1.66. The molecule has 0 radical (unpaired) electrons. The van der Waals surface area contributed by atoms with E-state index in [-0.39, 0.29) is 6.29 Å². The van der Waals surface area contributed by atoms with E-state index in [0.717, 1.165) is 19.6 Å². The molecule has 2 heteroatoms. The highest BCUT2D eigenvalue weighted by Crippen LogP contribution is 2.16. The predicted molar refractivity (Wildman–Crippen MR) is 51.3 cm³/mol. The van der Waals surface area contributed by atoms with Gasteiger partial charge in [0.05, 0.1) is 6.61 Å². The van der Waals surface area contributed by atoms with E-state index in [1.54, 1.807) is 0 Å². The van der Waals surface area contributed by atoms with Gasteiger partial charge in [-0.2, -0.15) is 0 Å². The van der Waals surface area contributed by atoms with E-state index >= 15 is 0 Å². The molecule has 72 valence electrons. The average Bonchev–Trinajstić information content (AvgIpc) is 2.69. The van der Waals surface area contributed by atoms with Crippen LogP contribution in [0.3, 0.4) is 0 Å². The molecule has 0 bridgehead atoms. The van der Waals surface area contributed by atoms with Crippen LogP contribution in [0.15, 0.2) is 24.3 Å². The van der Waals surface area contributed by atoms with Gasteiger partial charge < -0.3 is 9.47 Å². The molecule has 1 aliphatic carbocycles. The molecule has 1 atom stereocenters. The Labute approximate surface area is 79.2 Å². The smallest absolute Gasteiger partial charge is 0.157 e. The highest BCUT2D eigenvalue weighted by Gasteiger charge is 2.15. The summed E-state index contributed by atoms with van der Waals surface area (Å²) in [4.78, 5) is 0. The van der Waals surface area contributed by atoms with Crippen molar-refractivity contribution < 1.29 is 9.47 Å². The maximum atomic E-state index is 5.64. The van der Waals surface area contributed by atoms with Crippen molar-refractivity contribution in [2.75, 3.05) is 13.2 Å². The molecule has 0 saturated carbocycles. The summed E-state index contributed by atoms with van der Waals surface area (Å²) >= 11 is 0. The monoisotopic (exact) mass is 180 g/mol. The van der Waals surface area contributed by atoms with E-state index in [9.17, 15) is 0 Å². The first-order valence-electron chi connectivity index (χ1n) is 5.03. The summed E-state index contributed by atoms with van der Waals surface area (Å²) in [6, 6.07) is 0. The molecule has 13 heavy (non-hydrogen) atoms. The third-order valence-corrected chi connectivity index (χ3v) is 2.44. The molecule has 0 aromatic rings. The van der Waals surface area contributed by atoms with Gasteiger partial charge in [-0.25, -0.2) is 0 Å². The second-order valence-electron chi connectivity index (χ2n) is 3.56. The van der Waals surface area contributed by atoms with E-state index in [2.05, 4.69) is 24.3 Å². The van der Waals surface area contributed by atoms with Crippen LogP contribution < -0.4 is 0 Å². The van der Waals surface area contributed by atoms with Crippen molar-refractivity contribution in [1.82, 2.24) is 0 Å². The highest BCUT2D eigenvalue weighted by atomic mass is 16.7. The maximum absolute atomic E-state index is 5.64. The molecule has 0 spiro atoms. The second-order valence-corrected chi connectivity index (χ2v) is 3.56. The standard InChI is InChI=1S/C11H16O2/c1-2-6-10(5-1)9-13-11-7-3-4-8-12-11/h1-2,5-6,10-11H,3-4,7-9H2. The van der Waals surface area contributed by atoms with Gasteiger partial charge in [0, 0.05) is 12.5 Å². The number of hydrogen-bond donors (Lipinski definition) is 0. The fraction of sp³-hybridized carbons (Fsp3) is 0.636. The molecular formula is C11H16O2. The molecule has 1 aliphatic heterocycles. The normalized spacial score (nSPS) is 28.5. The van der Waals surface area contributed by atoms with Gasteiger partial charge in [-0.3, -0.25) is 0 Å². The summed E-state index contributed by atoms with van der Waals surface area (Å²) in [5.74, 6) is 0.463. The largest absolute Gasteiger partial charge is 0.353 e. The Morgan fingerprint density at radius 3 is 2.77 bits per heavy atom. The molecule has 1 saturated heterocycles. The maximum Gasteiger partial charge on any atom is 0.157 e. The summed E-state index contributed by atoms with van der Waals surface area (Å²) in [7, 11) is 0. The van der Waals surface area contributed by atoms with Crippen LogP contribution in [0.2, 0.25) is 0 Å². The minimum Gasteiger partial charge on any atom is -0.353 e. The topological polar surface area (TPSA) is 18.5 Å². The van der Waals surface area contributed by atoms with Gasteiger partial charge >= 0.3 is 0 Å². The second kappa shape index (κ2) is 4.58. The van der Waals surface area contributed by atoms with Crippen molar-refractivity contribution in [3.05, 3.63) is 24.3 Å². The lowest BCUT2D eigenvalue weighted by atomic mass is 10.2. The van der Waals surface area contributed by atoms with Crippen LogP contribution in [0.4, 0.5) is 0 Å². The van der Waals surface area contributed by atoms with Crippen LogP contribution in [0.5, 0.6) is 0 Å². The number of hydrogen-bond acceptors (Lipinski definition) is 2. The van der Waals surface area contributed by atoms with Crippen LogP contribution in [0, 0.1) is 5.92 Å². The minimum absolute atomic E-state index is 0.0520. The fourth-order valence-electron chi connectivity index (χ4n) is 1.65. The zero-order chi connectivity index (χ0) is 8.93. The lowest BCUT2D eigenvalue weighted by Gasteiger charge is -2.23. The first kappa shape index (κ1) is 8.97. The van der Waals surface area contributed by atoms with Crippen molar-refractivity contribution in [1.29, 1.82) is 0 Å². The lowest BCUT2D eigenvalue weighted by Crippen LogP contribution is -2.24. The molecule has 2 rings (SSSR count). The van der Waals surface area contributed by atoms with E-state index in [1.807, 2.05) is 0 Å². The van der Waals surface area contributed by atoms with Crippen molar-refractivity contribution >= 4 is 0 Å². The molecule has 2 nitrogen and oxygen atoms in total. The van der Waals surface area contributed by atoms with Gasteiger partial charge in [-0.15, -0.1) is 0 Å². The minimum atomic E-state index is 0.0520. The van der Waals surface area contributed by atoms with Gasteiger partial charge in [0.1, 0.15) is 0 Å². The lowest BCUT2D eigenvalue weighted by molar-refractivity contribution is -0.164. The first-order valence-corrected chi connectivity index (χ1v) is 5.03. The molecule has 2 aliphatic rings. The molecule has 0 N–H and O–H groups in total. The van der Waals surface area contributed by atoms with Gasteiger partial charge in [-0.1, -0.05) is 24.3 Å². The Bertz CT molecular complexity index is 190. The van der Waals surface area contributed by atoms with Crippen LogP contribution in [0.1, 0.15) is 19.3 Å². The summed E-state index contributed by atoms with van der Waals surface area (Å²) in [5.41, 5.74) is 0. The highest BCUT2D eigenvalue weighted by molar-refractivity contribution is 5.17. The quantitative estimate of drug-likeness (QED) is 0.663. The number of rotatable bonds is 3. The molecule has 1 heterocycles. The van der Waals surface area contributed by atoms with E-state index in [1.165, 1.54) is 12.8 Å². The van der Waals surface area contributed by atoms with Gasteiger partial charge in [0.15, 0.2) is 6.29 Å². The van der Waals surface area contributed by atoms with Crippen LogP contribution in [-0.2, 0) is 9.47 Å².